The molecule has 1 aromatic heterocycles. The minimum Gasteiger partial charge on any atom is -0.464 e. The number of rotatable bonds is 7. The number of hydrogen-bond donors (Lipinski definition) is 1. The fourth-order valence-electron chi connectivity index (χ4n) is 1.39. The van der Waals surface area contributed by atoms with Crippen LogP contribution in [0.25, 0.3) is 0 Å². The molecule has 0 saturated heterocycles. The molecule has 0 amide bonds. The predicted molar refractivity (Wildman–Crippen MR) is 71.8 cm³/mol. The van der Waals surface area contributed by atoms with Crippen LogP contribution in [0.1, 0.15) is 16.9 Å². The zero-order chi connectivity index (χ0) is 14.5. The Morgan fingerprint density at radius 3 is 2.84 bits per heavy atom. The van der Waals surface area contributed by atoms with Crippen molar-refractivity contribution in [3.8, 4) is 0 Å². The Kier molecular flexibility index (Phi) is 5.85. The molecule has 7 nitrogen and oxygen atoms in total. The van der Waals surface area contributed by atoms with Crippen LogP contribution in [-0.2, 0) is 14.8 Å². The van der Waals surface area contributed by atoms with Crippen molar-refractivity contribution in [1.82, 2.24) is 14.6 Å². The van der Waals surface area contributed by atoms with Gasteiger partial charge in [0, 0.05) is 13.6 Å². The van der Waals surface area contributed by atoms with Gasteiger partial charge in [0.05, 0.1) is 12.6 Å². The van der Waals surface area contributed by atoms with Crippen LogP contribution in [0.3, 0.4) is 0 Å². The van der Waals surface area contributed by atoms with Gasteiger partial charge in [-0.15, -0.1) is 11.3 Å². The lowest BCUT2D eigenvalue weighted by atomic mass is 10.4. The highest BCUT2D eigenvalue weighted by Crippen LogP contribution is 2.23. The van der Waals surface area contributed by atoms with Crippen molar-refractivity contribution in [2.45, 2.75) is 10.6 Å². The fourth-order valence-corrected chi connectivity index (χ4v) is 3.92. The monoisotopic (exact) mass is 307 g/mol. The highest BCUT2D eigenvalue weighted by molar-refractivity contribution is 7.91. The molecule has 1 heterocycles. The van der Waals surface area contributed by atoms with E-state index >= 15 is 0 Å². The number of hydrogen-bond acceptors (Lipinski definition) is 7. The summed E-state index contributed by atoms with van der Waals surface area (Å²) in [5.74, 6) is -0.747. The predicted octanol–water partition coefficient (Wildman–Crippen LogP) is 0.160. The van der Waals surface area contributed by atoms with Crippen LogP contribution in [-0.4, -0.2) is 58.0 Å². The van der Waals surface area contributed by atoms with Crippen LogP contribution < -0.4 is 5.32 Å². The van der Waals surface area contributed by atoms with E-state index in [1.807, 2.05) is 0 Å². The highest BCUT2D eigenvalue weighted by atomic mass is 32.2. The van der Waals surface area contributed by atoms with E-state index in [-0.39, 0.29) is 9.90 Å². The molecule has 9 heteroatoms. The first-order chi connectivity index (χ1) is 8.95. The summed E-state index contributed by atoms with van der Waals surface area (Å²) in [6.45, 7) is 1.08. The molecule has 1 rings (SSSR count). The van der Waals surface area contributed by atoms with E-state index in [0.29, 0.717) is 19.5 Å². The number of methoxy groups -OCH3 is 1. The van der Waals surface area contributed by atoms with Crippen molar-refractivity contribution in [2.24, 2.45) is 0 Å². The second-order valence-electron chi connectivity index (χ2n) is 3.76. The molecule has 1 aromatic rings. The summed E-state index contributed by atoms with van der Waals surface area (Å²) < 4.78 is 30.2. The molecule has 0 aliphatic carbocycles. The molecule has 0 unspecified atom stereocenters. The first-order valence-corrected chi connectivity index (χ1v) is 7.89. The van der Waals surface area contributed by atoms with Crippen molar-refractivity contribution < 1.29 is 17.9 Å². The standard InChI is InChI=1S/C10H17N3O4S2/c1-11-5-4-6-13(2)19(15,16)10-8(9(14)17-3)12-7-18-10/h7,11H,4-6H2,1-3H3. The highest BCUT2D eigenvalue weighted by Gasteiger charge is 2.29. The lowest BCUT2D eigenvalue weighted by molar-refractivity contribution is 0.0590. The van der Waals surface area contributed by atoms with Crippen LogP contribution in [0.5, 0.6) is 0 Å². The average molecular weight is 307 g/mol. The molecule has 108 valence electrons. The largest absolute Gasteiger partial charge is 0.464 e. The summed E-state index contributed by atoms with van der Waals surface area (Å²) in [7, 11) is 0.765. The van der Waals surface area contributed by atoms with E-state index in [2.05, 4.69) is 15.0 Å². The van der Waals surface area contributed by atoms with Gasteiger partial charge in [-0.2, -0.15) is 0 Å². The third kappa shape index (κ3) is 3.72. The van der Waals surface area contributed by atoms with Crippen molar-refractivity contribution >= 4 is 27.3 Å². The smallest absolute Gasteiger partial charge is 0.358 e. The zero-order valence-electron chi connectivity index (χ0n) is 11.0. The van der Waals surface area contributed by atoms with Crippen molar-refractivity contribution in [3.63, 3.8) is 0 Å². The number of nitrogens with one attached hydrogen (secondary N) is 1. The molecule has 0 fully saturated rings. The van der Waals surface area contributed by atoms with Crippen LogP contribution in [0, 0.1) is 0 Å². The average Bonchev–Trinajstić information content (AvgIpc) is 2.87. The first-order valence-electron chi connectivity index (χ1n) is 5.58. The molecule has 0 aromatic carbocycles. The summed E-state index contributed by atoms with van der Waals surface area (Å²) >= 11 is 0.911. The topological polar surface area (TPSA) is 88.6 Å². The molecule has 0 aliphatic rings. The fraction of sp³-hybridized carbons (Fsp3) is 0.600. The number of thiazole rings is 1. The van der Waals surface area contributed by atoms with E-state index in [4.69, 9.17) is 0 Å². The molecular weight excluding hydrogens is 290 g/mol. The number of aromatic nitrogens is 1. The lowest BCUT2D eigenvalue weighted by Crippen LogP contribution is -2.30. The van der Waals surface area contributed by atoms with E-state index in [9.17, 15) is 13.2 Å². The summed E-state index contributed by atoms with van der Waals surface area (Å²) in [5.41, 5.74) is 1.16. The number of ether oxygens (including phenoxy) is 1. The van der Waals surface area contributed by atoms with Crippen molar-refractivity contribution in [1.29, 1.82) is 0 Å². The van der Waals surface area contributed by atoms with Gasteiger partial charge < -0.3 is 10.1 Å². The number of nitrogens with zero attached hydrogens (tertiary/aromatic N) is 2. The van der Waals surface area contributed by atoms with Gasteiger partial charge in [-0.3, -0.25) is 0 Å². The minimum absolute atomic E-state index is 0.0775. The van der Waals surface area contributed by atoms with Gasteiger partial charge in [0.25, 0.3) is 10.0 Å². The lowest BCUT2D eigenvalue weighted by Gasteiger charge is -2.16. The zero-order valence-corrected chi connectivity index (χ0v) is 12.7. The normalized spacial score (nSPS) is 11.8. The Hall–Kier alpha value is -1.03. The molecule has 0 radical (unpaired) electrons. The Morgan fingerprint density at radius 1 is 1.58 bits per heavy atom. The van der Waals surface area contributed by atoms with Crippen LogP contribution >= 0.6 is 11.3 Å². The quantitative estimate of drug-likeness (QED) is 0.570. The summed E-state index contributed by atoms with van der Waals surface area (Å²) in [5, 5.41) is 2.94. The molecular formula is C10H17N3O4S2. The summed E-state index contributed by atoms with van der Waals surface area (Å²) in [6.07, 6.45) is 0.679. The van der Waals surface area contributed by atoms with Gasteiger partial charge in [-0.25, -0.2) is 22.5 Å². The van der Waals surface area contributed by atoms with Crippen LogP contribution in [0.15, 0.2) is 9.72 Å². The van der Waals surface area contributed by atoms with Crippen molar-refractivity contribution in [2.75, 3.05) is 34.3 Å². The van der Waals surface area contributed by atoms with E-state index in [0.717, 1.165) is 11.3 Å². The number of sulfonamides is 1. The van der Waals surface area contributed by atoms with Gasteiger partial charge in [0.2, 0.25) is 0 Å². The van der Waals surface area contributed by atoms with Crippen LogP contribution in [0.2, 0.25) is 0 Å². The molecule has 0 aliphatic heterocycles. The maximum absolute atomic E-state index is 12.3. The van der Waals surface area contributed by atoms with E-state index in [1.54, 1.807) is 7.05 Å². The SMILES string of the molecule is CNCCCN(C)S(=O)(=O)c1scnc1C(=O)OC. The number of esters is 1. The van der Waals surface area contributed by atoms with Crippen LogP contribution in [0.4, 0.5) is 0 Å². The maximum Gasteiger partial charge on any atom is 0.358 e. The second-order valence-corrected chi connectivity index (χ2v) is 6.86. The number of carbonyl (C=O) groups excluding carboxylic acids is 1. The van der Waals surface area contributed by atoms with E-state index < -0.39 is 16.0 Å². The Labute approximate surface area is 116 Å². The van der Waals surface area contributed by atoms with Gasteiger partial charge in [-0.05, 0) is 20.0 Å². The Balaban J connectivity index is 2.94. The molecule has 1 N–H and O–H groups in total. The van der Waals surface area contributed by atoms with Gasteiger partial charge >= 0.3 is 5.97 Å². The van der Waals surface area contributed by atoms with E-state index in [1.165, 1.54) is 24.0 Å². The minimum atomic E-state index is -3.70. The van der Waals surface area contributed by atoms with Crippen molar-refractivity contribution in [3.05, 3.63) is 11.2 Å². The third-order valence-electron chi connectivity index (χ3n) is 2.46. The second kappa shape index (κ2) is 6.94. The third-order valence-corrected chi connectivity index (χ3v) is 5.66. The van der Waals surface area contributed by atoms with Gasteiger partial charge in [-0.1, -0.05) is 0 Å². The molecule has 0 spiro atoms. The summed E-state index contributed by atoms with van der Waals surface area (Å²) in [6, 6.07) is 0. The molecule has 0 bridgehead atoms. The molecule has 0 saturated carbocycles. The number of carbonyl (C=O) groups is 1. The summed E-state index contributed by atoms with van der Waals surface area (Å²) in [4.78, 5) is 15.2. The molecule has 19 heavy (non-hydrogen) atoms. The maximum atomic E-state index is 12.3. The Bertz CT molecular complexity index is 527. The van der Waals surface area contributed by atoms with Gasteiger partial charge in [0.1, 0.15) is 0 Å². The first kappa shape index (κ1) is 16.0. The van der Waals surface area contributed by atoms with Gasteiger partial charge in [0.15, 0.2) is 9.90 Å². The Morgan fingerprint density at radius 2 is 2.26 bits per heavy atom. The molecule has 0 atom stereocenters.